The molecular formula is C22H28N2O11. The van der Waals surface area contributed by atoms with Crippen molar-refractivity contribution in [2.45, 2.75) is 38.0 Å². The van der Waals surface area contributed by atoms with Gasteiger partial charge in [-0.1, -0.05) is 18.2 Å². The van der Waals surface area contributed by atoms with Gasteiger partial charge in [0.25, 0.3) is 0 Å². The molecular weight excluding hydrogens is 468 g/mol. The number of likely N-dealkylation sites (tertiary alicyclic amines) is 1. The van der Waals surface area contributed by atoms with Crippen LogP contribution < -0.4 is 10.1 Å². The van der Waals surface area contributed by atoms with Crippen molar-refractivity contribution in [3.63, 3.8) is 0 Å². The first-order valence-corrected chi connectivity index (χ1v) is 10.8. The smallest absolute Gasteiger partial charge is 0.412 e. The number of aliphatic carboxylic acids is 1. The molecule has 0 aromatic heterocycles. The van der Waals surface area contributed by atoms with Crippen molar-refractivity contribution >= 4 is 29.7 Å². The number of aliphatic hydroxyl groups is 1. The fourth-order valence-electron chi connectivity index (χ4n) is 3.20. The number of nitrogens with one attached hydrogen (secondary N) is 1. The molecule has 1 heterocycles. The lowest BCUT2D eigenvalue weighted by Crippen LogP contribution is -2.65. The molecule has 192 valence electrons. The van der Waals surface area contributed by atoms with E-state index >= 15 is 0 Å². The normalized spacial score (nSPS) is 15.4. The van der Waals surface area contributed by atoms with Crippen molar-refractivity contribution in [1.82, 2.24) is 10.2 Å². The molecule has 13 heteroatoms. The molecule has 3 N–H and O–H groups in total. The highest BCUT2D eigenvalue weighted by molar-refractivity contribution is 6.09. The summed E-state index contributed by atoms with van der Waals surface area (Å²) in [7, 11) is 0. The molecule has 0 spiro atoms. The molecule has 1 saturated heterocycles. The maximum absolute atomic E-state index is 12.6. The fourth-order valence-corrected chi connectivity index (χ4v) is 3.20. The molecule has 1 fully saturated rings. The van der Waals surface area contributed by atoms with E-state index in [2.05, 4.69) is 10.1 Å². The van der Waals surface area contributed by atoms with Crippen LogP contribution in [0.3, 0.4) is 0 Å². The molecule has 1 aliphatic rings. The summed E-state index contributed by atoms with van der Waals surface area (Å²) >= 11 is 0. The minimum absolute atomic E-state index is 0.0235. The van der Waals surface area contributed by atoms with Crippen LogP contribution in [-0.2, 0) is 33.4 Å². The van der Waals surface area contributed by atoms with Gasteiger partial charge in [0.15, 0.2) is 0 Å². The van der Waals surface area contributed by atoms with Gasteiger partial charge < -0.3 is 39.4 Å². The summed E-state index contributed by atoms with van der Waals surface area (Å²) in [5.74, 6) is -4.28. The first-order chi connectivity index (χ1) is 16.7. The highest BCUT2D eigenvalue weighted by Crippen LogP contribution is 2.20. The number of carbonyl (C=O) groups is 5. The quantitative estimate of drug-likeness (QED) is 0.202. The van der Waals surface area contributed by atoms with Crippen molar-refractivity contribution in [3.05, 3.63) is 30.3 Å². The Morgan fingerprint density at radius 2 is 1.74 bits per heavy atom. The molecule has 1 unspecified atom stereocenters. The van der Waals surface area contributed by atoms with E-state index in [1.807, 2.05) is 0 Å². The molecule has 1 aromatic rings. The molecule has 1 aliphatic heterocycles. The van der Waals surface area contributed by atoms with E-state index in [9.17, 15) is 29.1 Å². The van der Waals surface area contributed by atoms with Crippen molar-refractivity contribution in [3.8, 4) is 5.75 Å². The average Bonchev–Trinajstić information content (AvgIpc) is 2.83. The number of ether oxygens (including phenoxy) is 4. The Bertz CT molecular complexity index is 900. The van der Waals surface area contributed by atoms with Crippen molar-refractivity contribution in [2.24, 2.45) is 0 Å². The molecule has 13 nitrogen and oxygen atoms in total. The molecule has 0 radical (unpaired) electrons. The zero-order chi connectivity index (χ0) is 25.8. The summed E-state index contributed by atoms with van der Waals surface area (Å²) in [6.07, 6.45) is -0.907. The van der Waals surface area contributed by atoms with Crippen LogP contribution in [0.15, 0.2) is 30.3 Å². The monoisotopic (exact) mass is 496 g/mol. The first-order valence-electron chi connectivity index (χ1n) is 10.8. The van der Waals surface area contributed by atoms with Gasteiger partial charge in [-0.2, -0.15) is 0 Å². The third-order valence-corrected chi connectivity index (χ3v) is 4.96. The van der Waals surface area contributed by atoms with Crippen molar-refractivity contribution in [2.75, 3.05) is 33.1 Å². The number of aliphatic hydroxyl groups excluding tert-OH is 1. The number of esters is 1. The van der Waals surface area contributed by atoms with Crippen LogP contribution in [0.25, 0.3) is 0 Å². The van der Waals surface area contributed by atoms with Crippen LogP contribution in [0.5, 0.6) is 5.75 Å². The predicted octanol–water partition coefficient (Wildman–Crippen LogP) is 0.0522. The van der Waals surface area contributed by atoms with Crippen LogP contribution in [0.4, 0.5) is 4.79 Å². The van der Waals surface area contributed by atoms with Crippen LogP contribution in [0.1, 0.15) is 26.2 Å². The van der Waals surface area contributed by atoms with E-state index in [4.69, 9.17) is 19.3 Å². The second kappa shape index (κ2) is 13.2. The minimum Gasteiger partial charge on any atom is -0.476 e. The summed E-state index contributed by atoms with van der Waals surface area (Å²) in [6, 6.07) is 7.60. The third kappa shape index (κ3) is 8.22. The van der Waals surface area contributed by atoms with Crippen LogP contribution >= 0.6 is 0 Å². The van der Waals surface area contributed by atoms with Crippen LogP contribution in [-0.4, -0.2) is 89.8 Å². The number of nitrogens with zero attached hydrogens (tertiary/aromatic N) is 1. The second-order valence-electron chi connectivity index (χ2n) is 7.51. The maximum atomic E-state index is 12.6. The lowest BCUT2D eigenvalue weighted by atomic mass is 10.1. The Labute approximate surface area is 200 Å². The number of carboxylic acids is 1. The lowest BCUT2D eigenvalue weighted by molar-refractivity contribution is -0.169. The van der Waals surface area contributed by atoms with Gasteiger partial charge in [0.1, 0.15) is 12.4 Å². The topological polar surface area (TPSA) is 178 Å². The van der Waals surface area contributed by atoms with Gasteiger partial charge in [-0.3, -0.25) is 14.4 Å². The SMILES string of the molecule is CC(=O)OCOC(=O)N1CCC(OCC(=O)NC(Oc2ccccc2)(C(=O)O)C(=O)CCO)CC1. The Morgan fingerprint density at radius 3 is 2.31 bits per heavy atom. The van der Waals surface area contributed by atoms with Crippen molar-refractivity contribution < 1.29 is 53.1 Å². The van der Waals surface area contributed by atoms with Gasteiger partial charge in [-0.25, -0.2) is 9.59 Å². The third-order valence-electron chi connectivity index (χ3n) is 4.96. The van der Waals surface area contributed by atoms with Gasteiger partial charge in [-0.05, 0) is 25.0 Å². The molecule has 0 bridgehead atoms. The van der Waals surface area contributed by atoms with E-state index in [1.54, 1.807) is 18.2 Å². The number of carboxylic acid groups (broad SMARTS) is 1. The Morgan fingerprint density at radius 1 is 1.09 bits per heavy atom. The number of Topliss-reactive ketones (excluding diaryl/α,β-unsaturated/α-hetero) is 1. The lowest BCUT2D eigenvalue weighted by Gasteiger charge is -2.32. The van der Waals surface area contributed by atoms with E-state index in [1.165, 1.54) is 24.0 Å². The second-order valence-corrected chi connectivity index (χ2v) is 7.51. The number of benzene rings is 1. The molecule has 1 aromatic carbocycles. The molecule has 1 atom stereocenters. The highest BCUT2D eigenvalue weighted by atomic mass is 16.7. The van der Waals surface area contributed by atoms with Gasteiger partial charge in [0, 0.05) is 26.4 Å². The highest BCUT2D eigenvalue weighted by Gasteiger charge is 2.50. The minimum atomic E-state index is -2.75. The van der Waals surface area contributed by atoms with E-state index < -0.39 is 68.0 Å². The summed E-state index contributed by atoms with van der Waals surface area (Å²) < 4.78 is 20.3. The summed E-state index contributed by atoms with van der Waals surface area (Å²) in [5.41, 5.74) is -2.75. The molecule has 2 amide bonds. The van der Waals surface area contributed by atoms with Gasteiger partial charge in [-0.15, -0.1) is 0 Å². The Kier molecular flexibility index (Phi) is 10.4. The first kappa shape index (κ1) is 27.5. The molecule has 2 rings (SSSR count). The number of amides is 2. The largest absolute Gasteiger partial charge is 0.476 e. The number of ketones is 1. The average molecular weight is 496 g/mol. The van der Waals surface area contributed by atoms with Crippen LogP contribution in [0, 0.1) is 0 Å². The Balaban J connectivity index is 1.92. The van der Waals surface area contributed by atoms with Crippen molar-refractivity contribution in [1.29, 1.82) is 0 Å². The molecule has 0 aliphatic carbocycles. The predicted molar refractivity (Wildman–Crippen MR) is 116 cm³/mol. The Hall–Kier alpha value is -3.71. The zero-order valence-electron chi connectivity index (χ0n) is 19.1. The number of hydrogen-bond donors (Lipinski definition) is 3. The fraction of sp³-hybridized carbons (Fsp3) is 0.500. The van der Waals surface area contributed by atoms with E-state index in [0.717, 1.165) is 0 Å². The van der Waals surface area contributed by atoms with Gasteiger partial charge in [0.05, 0.1) is 12.7 Å². The van der Waals surface area contributed by atoms with E-state index in [0.29, 0.717) is 12.8 Å². The molecule has 35 heavy (non-hydrogen) atoms. The van der Waals surface area contributed by atoms with E-state index in [-0.39, 0.29) is 18.8 Å². The van der Waals surface area contributed by atoms with Crippen LogP contribution in [0.2, 0.25) is 0 Å². The number of piperidine rings is 1. The summed E-state index contributed by atoms with van der Waals surface area (Å²) in [5, 5.41) is 21.0. The number of carbonyl (C=O) groups excluding carboxylic acids is 4. The van der Waals surface area contributed by atoms with Gasteiger partial charge in [0.2, 0.25) is 18.5 Å². The summed E-state index contributed by atoms with van der Waals surface area (Å²) in [6.45, 7) is 0.00788. The maximum Gasteiger partial charge on any atom is 0.412 e. The summed E-state index contributed by atoms with van der Waals surface area (Å²) in [4.78, 5) is 61.2. The zero-order valence-corrected chi connectivity index (χ0v) is 19.1. The number of para-hydroxylation sites is 1. The standard InChI is InChI=1S/C22H28N2O11/c1-15(26)33-14-34-21(31)24-10-7-16(8-11-24)32-13-19(28)23-22(20(29)30,18(27)9-12-25)35-17-5-3-2-4-6-17/h2-6,16,25H,7-14H2,1H3,(H,23,28)(H,29,30). The number of hydrogen-bond acceptors (Lipinski definition) is 10. The van der Waals surface area contributed by atoms with Gasteiger partial charge >= 0.3 is 23.8 Å². The molecule has 0 saturated carbocycles. The number of rotatable bonds is 12.